The van der Waals surface area contributed by atoms with Crippen LogP contribution in [-0.4, -0.2) is 41.1 Å². The number of hydrogen-bond acceptors (Lipinski definition) is 2. The lowest BCUT2D eigenvalue weighted by molar-refractivity contribution is 0.0297. The molecule has 2 unspecified atom stereocenters. The smallest absolute Gasteiger partial charge is 0.254 e. The number of nitrogens with zero attached hydrogens (tertiary/aromatic N) is 1. The van der Waals surface area contributed by atoms with Gasteiger partial charge in [-0.3, -0.25) is 4.79 Å². The predicted octanol–water partition coefficient (Wildman–Crippen LogP) is 2.95. The molecule has 0 bridgehead atoms. The van der Waals surface area contributed by atoms with Gasteiger partial charge in [-0.15, -0.1) is 0 Å². The zero-order valence-electron chi connectivity index (χ0n) is 12.0. The summed E-state index contributed by atoms with van der Waals surface area (Å²) in [6.45, 7) is 1.59. The van der Waals surface area contributed by atoms with E-state index >= 15 is 0 Å². The number of benzene rings is 1. The summed E-state index contributed by atoms with van der Waals surface area (Å²) in [6, 6.07) is 8.18. The highest BCUT2D eigenvalue weighted by molar-refractivity contribution is 5.98. The minimum atomic E-state index is 0.153. The highest BCUT2D eigenvalue weighted by Gasteiger charge is 2.37. The van der Waals surface area contributed by atoms with Crippen molar-refractivity contribution >= 4 is 16.8 Å². The van der Waals surface area contributed by atoms with Gasteiger partial charge in [0, 0.05) is 35.8 Å². The number of carbonyl (C=O) groups excluding carboxylic acids is 1. The van der Waals surface area contributed by atoms with Crippen LogP contribution in [0, 0.1) is 0 Å². The van der Waals surface area contributed by atoms with Crippen molar-refractivity contribution in [2.24, 2.45) is 0 Å². The van der Waals surface area contributed by atoms with Crippen molar-refractivity contribution in [2.45, 2.75) is 37.8 Å². The van der Waals surface area contributed by atoms with E-state index in [1.165, 1.54) is 0 Å². The van der Waals surface area contributed by atoms with Crippen molar-refractivity contribution in [3.05, 3.63) is 36.0 Å². The molecule has 2 atom stereocenters. The van der Waals surface area contributed by atoms with Gasteiger partial charge >= 0.3 is 0 Å². The monoisotopic (exact) mass is 284 g/mol. The van der Waals surface area contributed by atoms with E-state index in [4.69, 9.17) is 4.74 Å². The van der Waals surface area contributed by atoms with Crippen molar-refractivity contribution in [3.8, 4) is 0 Å². The second kappa shape index (κ2) is 5.19. The molecular formula is C17H20N2O2. The van der Waals surface area contributed by atoms with Gasteiger partial charge < -0.3 is 14.6 Å². The largest absolute Gasteiger partial charge is 0.376 e. The Morgan fingerprint density at radius 3 is 3.14 bits per heavy atom. The Kier molecular flexibility index (Phi) is 3.19. The maximum Gasteiger partial charge on any atom is 0.254 e. The first-order valence-corrected chi connectivity index (χ1v) is 7.83. The van der Waals surface area contributed by atoms with Crippen LogP contribution in [0.5, 0.6) is 0 Å². The summed E-state index contributed by atoms with van der Waals surface area (Å²) < 4.78 is 5.90. The zero-order valence-corrected chi connectivity index (χ0v) is 12.0. The molecule has 0 spiro atoms. The molecule has 1 saturated heterocycles. The Hall–Kier alpha value is -1.81. The van der Waals surface area contributed by atoms with Gasteiger partial charge in [-0.25, -0.2) is 0 Å². The third-order valence-corrected chi connectivity index (χ3v) is 4.75. The number of amides is 1. The van der Waals surface area contributed by atoms with Crippen LogP contribution >= 0.6 is 0 Å². The number of nitrogens with one attached hydrogen (secondary N) is 1. The fraction of sp³-hybridized carbons (Fsp3) is 0.471. The second-order valence-electron chi connectivity index (χ2n) is 6.04. The highest BCUT2D eigenvalue weighted by atomic mass is 16.5. The van der Waals surface area contributed by atoms with E-state index in [1.807, 2.05) is 30.5 Å². The summed E-state index contributed by atoms with van der Waals surface area (Å²) >= 11 is 0. The maximum absolute atomic E-state index is 12.9. The second-order valence-corrected chi connectivity index (χ2v) is 6.04. The number of hydrogen-bond donors (Lipinski definition) is 1. The standard InChI is InChI=1S/C17H20N2O2/c20-17(13-5-6-14-12(11-13)7-8-18-14)19-9-2-10-21-16-4-1-3-15(16)19/h5-8,11,15-16,18H,1-4,9-10H2. The fourth-order valence-corrected chi connectivity index (χ4v) is 3.70. The van der Waals surface area contributed by atoms with Crippen molar-refractivity contribution in [2.75, 3.05) is 13.2 Å². The highest BCUT2D eigenvalue weighted by Crippen LogP contribution is 2.30. The maximum atomic E-state index is 12.9. The van der Waals surface area contributed by atoms with Gasteiger partial charge in [0.05, 0.1) is 12.1 Å². The molecule has 1 aromatic carbocycles. The molecule has 2 aliphatic rings. The van der Waals surface area contributed by atoms with Crippen molar-refractivity contribution in [1.82, 2.24) is 9.88 Å². The van der Waals surface area contributed by atoms with Crippen LogP contribution in [0.15, 0.2) is 30.5 Å². The topological polar surface area (TPSA) is 45.3 Å². The first kappa shape index (κ1) is 12.9. The third kappa shape index (κ3) is 2.23. The van der Waals surface area contributed by atoms with E-state index in [1.54, 1.807) is 0 Å². The minimum absolute atomic E-state index is 0.153. The summed E-state index contributed by atoms with van der Waals surface area (Å²) in [5.74, 6) is 0.153. The number of fused-ring (bicyclic) bond motifs is 2. The molecule has 0 radical (unpaired) electrons. The molecule has 21 heavy (non-hydrogen) atoms. The van der Waals surface area contributed by atoms with Gasteiger partial charge in [0.2, 0.25) is 0 Å². The Balaban J connectivity index is 1.65. The summed E-state index contributed by atoms with van der Waals surface area (Å²) in [5.41, 5.74) is 1.86. The number of ether oxygens (including phenoxy) is 1. The Morgan fingerprint density at radius 2 is 2.19 bits per heavy atom. The van der Waals surface area contributed by atoms with Gasteiger partial charge in [0.15, 0.2) is 0 Å². The minimum Gasteiger partial charge on any atom is -0.376 e. The van der Waals surface area contributed by atoms with Crippen LogP contribution in [0.1, 0.15) is 36.0 Å². The van der Waals surface area contributed by atoms with Gasteiger partial charge in [-0.1, -0.05) is 0 Å². The average molecular weight is 284 g/mol. The first-order valence-electron chi connectivity index (χ1n) is 7.83. The third-order valence-electron chi connectivity index (χ3n) is 4.75. The Morgan fingerprint density at radius 1 is 1.24 bits per heavy atom. The molecule has 2 aromatic rings. The predicted molar refractivity (Wildman–Crippen MR) is 81.3 cm³/mol. The average Bonchev–Trinajstić information content (AvgIpc) is 3.11. The van der Waals surface area contributed by atoms with E-state index in [9.17, 15) is 4.79 Å². The first-order chi connectivity index (χ1) is 10.3. The quantitative estimate of drug-likeness (QED) is 0.875. The normalized spacial score (nSPS) is 25.8. The van der Waals surface area contributed by atoms with Crippen LogP contribution in [0.25, 0.3) is 10.9 Å². The van der Waals surface area contributed by atoms with Gasteiger partial charge in [0.1, 0.15) is 0 Å². The van der Waals surface area contributed by atoms with Gasteiger partial charge in [0.25, 0.3) is 5.91 Å². The SMILES string of the molecule is O=C(c1ccc2[nH]ccc2c1)N1CCCOC2CCCC21. The molecule has 1 saturated carbocycles. The van der Waals surface area contributed by atoms with E-state index < -0.39 is 0 Å². The number of rotatable bonds is 1. The summed E-state index contributed by atoms with van der Waals surface area (Å²) in [4.78, 5) is 18.1. The van der Waals surface area contributed by atoms with Crippen LogP contribution in [0.2, 0.25) is 0 Å². The Bertz CT molecular complexity index is 664. The molecule has 2 heterocycles. The molecule has 1 aromatic heterocycles. The van der Waals surface area contributed by atoms with Crippen molar-refractivity contribution < 1.29 is 9.53 Å². The Labute approximate surface area is 124 Å². The number of carbonyl (C=O) groups is 1. The van der Waals surface area contributed by atoms with Crippen molar-refractivity contribution in [3.63, 3.8) is 0 Å². The number of aromatic nitrogens is 1. The van der Waals surface area contributed by atoms with Crippen LogP contribution in [-0.2, 0) is 4.74 Å². The van der Waals surface area contributed by atoms with Gasteiger partial charge in [-0.05, 0) is 49.9 Å². The summed E-state index contributed by atoms with van der Waals surface area (Å²) in [5, 5.41) is 1.09. The summed E-state index contributed by atoms with van der Waals surface area (Å²) in [7, 11) is 0. The number of aromatic amines is 1. The molecule has 4 nitrogen and oxygen atoms in total. The van der Waals surface area contributed by atoms with Crippen molar-refractivity contribution in [1.29, 1.82) is 0 Å². The lowest BCUT2D eigenvalue weighted by atomic mass is 10.1. The lowest BCUT2D eigenvalue weighted by Gasteiger charge is -2.30. The fourth-order valence-electron chi connectivity index (χ4n) is 3.70. The van der Waals surface area contributed by atoms with E-state index in [-0.39, 0.29) is 18.1 Å². The van der Waals surface area contributed by atoms with E-state index in [2.05, 4.69) is 9.88 Å². The lowest BCUT2D eigenvalue weighted by Crippen LogP contribution is -2.43. The van der Waals surface area contributed by atoms with Crippen LogP contribution in [0.3, 0.4) is 0 Å². The molecule has 1 amide bonds. The molecule has 1 aliphatic carbocycles. The molecule has 110 valence electrons. The van der Waals surface area contributed by atoms with Crippen LogP contribution in [0.4, 0.5) is 0 Å². The molecule has 1 N–H and O–H groups in total. The molecule has 4 rings (SSSR count). The van der Waals surface area contributed by atoms with E-state index in [0.717, 1.165) is 55.3 Å². The summed E-state index contributed by atoms with van der Waals surface area (Å²) in [6.07, 6.45) is 6.41. The van der Waals surface area contributed by atoms with E-state index in [0.29, 0.717) is 0 Å². The number of H-pyrrole nitrogens is 1. The molecular weight excluding hydrogens is 264 g/mol. The molecule has 4 heteroatoms. The van der Waals surface area contributed by atoms with Crippen LogP contribution < -0.4 is 0 Å². The molecule has 2 fully saturated rings. The molecule has 1 aliphatic heterocycles. The van der Waals surface area contributed by atoms with Gasteiger partial charge in [-0.2, -0.15) is 0 Å². The zero-order chi connectivity index (χ0) is 14.2.